The SMILES string of the molecule is CCCCCCCCCCCC(=C(C(=O)OC)C(=O)OC)N(Cc1ccccc1)Cc1ccccc1. The first-order chi connectivity index (χ1) is 17.6. The van der Waals surface area contributed by atoms with Crippen LogP contribution in [0.4, 0.5) is 0 Å². The molecule has 36 heavy (non-hydrogen) atoms. The van der Waals surface area contributed by atoms with Crippen molar-refractivity contribution in [1.82, 2.24) is 4.90 Å². The van der Waals surface area contributed by atoms with Gasteiger partial charge < -0.3 is 14.4 Å². The fourth-order valence-corrected chi connectivity index (χ4v) is 4.42. The van der Waals surface area contributed by atoms with Gasteiger partial charge in [0.15, 0.2) is 5.57 Å². The topological polar surface area (TPSA) is 55.8 Å². The fourth-order valence-electron chi connectivity index (χ4n) is 4.42. The Morgan fingerprint density at radius 3 is 1.47 bits per heavy atom. The Hall–Kier alpha value is -3.08. The summed E-state index contributed by atoms with van der Waals surface area (Å²) in [7, 11) is 2.61. The third-order valence-electron chi connectivity index (χ3n) is 6.40. The molecular formula is C31H43NO4. The summed E-state index contributed by atoms with van der Waals surface area (Å²) >= 11 is 0. The fraction of sp³-hybridized carbons (Fsp3) is 0.484. The molecule has 0 fully saturated rings. The van der Waals surface area contributed by atoms with Gasteiger partial charge in [-0.3, -0.25) is 0 Å². The molecule has 0 bridgehead atoms. The number of rotatable bonds is 17. The zero-order valence-electron chi connectivity index (χ0n) is 22.3. The van der Waals surface area contributed by atoms with Crippen LogP contribution >= 0.6 is 0 Å². The van der Waals surface area contributed by atoms with Crippen molar-refractivity contribution in [2.24, 2.45) is 0 Å². The number of hydrogen-bond acceptors (Lipinski definition) is 5. The largest absolute Gasteiger partial charge is 0.465 e. The van der Waals surface area contributed by atoms with Crippen LogP contribution in [0.25, 0.3) is 0 Å². The predicted octanol–water partition coefficient (Wildman–Crippen LogP) is 7.21. The van der Waals surface area contributed by atoms with E-state index in [1.807, 2.05) is 36.4 Å². The number of carbonyl (C=O) groups excluding carboxylic acids is 2. The molecule has 2 rings (SSSR count). The lowest BCUT2D eigenvalue weighted by molar-refractivity contribution is -0.144. The van der Waals surface area contributed by atoms with Crippen molar-refractivity contribution in [1.29, 1.82) is 0 Å². The lowest BCUT2D eigenvalue weighted by atomic mass is 10.0. The number of benzene rings is 2. The van der Waals surface area contributed by atoms with Crippen molar-refractivity contribution in [3.05, 3.63) is 83.1 Å². The van der Waals surface area contributed by atoms with Gasteiger partial charge in [-0.25, -0.2) is 9.59 Å². The molecule has 0 saturated carbocycles. The highest BCUT2D eigenvalue weighted by atomic mass is 16.5. The lowest BCUT2D eigenvalue weighted by Gasteiger charge is -2.29. The summed E-state index contributed by atoms with van der Waals surface area (Å²) in [6.45, 7) is 3.38. The average Bonchev–Trinajstić information content (AvgIpc) is 2.91. The summed E-state index contributed by atoms with van der Waals surface area (Å²) < 4.78 is 10.1. The Labute approximate surface area is 217 Å². The first-order valence-electron chi connectivity index (χ1n) is 13.3. The molecule has 5 heteroatoms. The monoisotopic (exact) mass is 493 g/mol. The van der Waals surface area contributed by atoms with Gasteiger partial charge in [0, 0.05) is 18.8 Å². The van der Waals surface area contributed by atoms with Crippen LogP contribution in [-0.2, 0) is 32.2 Å². The number of nitrogens with zero attached hydrogens (tertiary/aromatic N) is 1. The molecule has 0 amide bonds. The molecule has 0 unspecified atom stereocenters. The number of ether oxygens (including phenoxy) is 2. The summed E-state index contributed by atoms with van der Waals surface area (Å²) in [5, 5.41) is 0. The first kappa shape index (κ1) is 29.2. The lowest BCUT2D eigenvalue weighted by Crippen LogP contribution is -2.29. The smallest absolute Gasteiger partial charge is 0.347 e. The minimum absolute atomic E-state index is 0.00794. The van der Waals surface area contributed by atoms with Gasteiger partial charge >= 0.3 is 11.9 Å². The molecule has 0 atom stereocenters. The highest BCUT2D eigenvalue weighted by molar-refractivity contribution is 6.14. The van der Waals surface area contributed by atoms with Crippen LogP contribution < -0.4 is 0 Å². The summed E-state index contributed by atoms with van der Waals surface area (Å²) in [6.07, 6.45) is 11.4. The highest BCUT2D eigenvalue weighted by Gasteiger charge is 2.28. The van der Waals surface area contributed by atoms with E-state index in [9.17, 15) is 9.59 Å². The number of unbranched alkanes of at least 4 members (excludes halogenated alkanes) is 8. The van der Waals surface area contributed by atoms with Crippen molar-refractivity contribution in [2.45, 2.75) is 84.2 Å². The molecule has 0 N–H and O–H groups in total. The molecule has 2 aromatic rings. The van der Waals surface area contributed by atoms with E-state index < -0.39 is 11.9 Å². The summed E-state index contributed by atoms with van der Waals surface area (Å²) in [5.74, 6) is -1.31. The molecule has 0 aliphatic carbocycles. The number of esters is 2. The number of carbonyl (C=O) groups is 2. The van der Waals surface area contributed by atoms with E-state index in [0.717, 1.165) is 30.4 Å². The second-order valence-electron chi connectivity index (χ2n) is 9.21. The second kappa shape index (κ2) is 17.4. The van der Waals surface area contributed by atoms with Crippen LogP contribution in [0.1, 0.15) is 82.3 Å². The molecule has 0 saturated heterocycles. The zero-order chi connectivity index (χ0) is 26.0. The van der Waals surface area contributed by atoms with E-state index in [4.69, 9.17) is 9.47 Å². The van der Waals surface area contributed by atoms with Crippen LogP contribution in [0, 0.1) is 0 Å². The minimum Gasteiger partial charge on any atom is -0.465 e. The maximum atomic E-state index is 12.8. The summed E-state index contributed by atoms with van der Waals surface area (Å²) in [6, 6.07) is 20.2. The molecule has 0 heterocycles. The van der Waals surface area contributed by atoms with Crippen LogP contribution in [-0.4, -0.2) is 31.1 Å². The molecule has 2 aromatic carbocycles. The molecule has 0 aliphatic rings. The van der Waals surface area contributed by atoms with Gasteiger partial charge in [0.05, 0.1) is 14.2 Å². The maximum Gasteiger partial charge on any atom is 0.347 e. The van der Waals surface area contributed by atoms with E-state index in [0.29, 0.717) is 25.2 Å². The Bertz CT molecular complexity index is 865. The number of hydrogen-bond donors (Lipinski definition) is 0. The Morgan fingerprint density at radius 2 is 1.06 bits per heavy atom. The molecule has 196 valence electrons. The summed E-state index contributed by atoms with van der Waals surface area (Å²) in [5.41, 5.74) is 2.88. The molecule has 0 radical (unpaired) electrons. The molecule has 0 aliphatic heterocycles. The first-order valence-corrected chi connectivity index (χ1v) is 13.3. The van der Waals surface area contributed by atoms with Crippen LogP contribution in [0.5, 0.6) is 0 Å². The molecule has 0 spiro atoms. The van der Waals surface area contributed by atoms with Gasteiger partial charge in [0.2, 0.25) is 0 Å². The third-order valence-corrected chi connectivity index (χ3v) is 6.40. The van der Waals surface area contributed by atoms with Crippen LogP contribution in [0.15, 0.2) is 71.9 Å². The van der Waals surface area contributed by atoms with E-state index in [2.05, 4.69) is 36.1 Å². The van der Waals surface area contributed by atoms with Gasteiger partial charge in [-0.2, -0.15) is 0 Å². The van der Waals surface area contributed by atoms with Crippen LogP contribution in [0.3, 0.4) is 0 Å². The standard InChI is InChI=1S/C31H43NO4/c1-4-5-6-7-8-9-10-11-18-23-28(29(30(33)35-2)31(34)36-3)32(24-26-19-14-12-15-20-26)25-27-21-16-13-17-22-27/h12-17,19-22H,4-11,18,23-25H2,1-3H3. The van der Waals surface area contributed by atoms with E-state index in [1.165, 1.54) is 52.7 Å². The van der Waals surface area contributed by atoms with Crippen molar-refractivity contribution < 1.29 is 19.1 Å². The number of allylic oxidation sites excluding steroid dienone is 1. The number of methoxy groups -OCH3 is 2. The van der Waals surface area contributed by atoms with Gasteiger partial charge in [-0.05, 0) is 24.0 Å². The zero-order valence-corrected chi connectivity index (χ0v) is 22.3. The van der Waals surface area contributed by atoms with Crippen molar-refractivity contribution in [3.8, 4) is 0 Å². The van der Waals surface area contributed by atoms with Crippen molar-refractivity contribution >= 4 is 11.9 Å². The molecule has 0 aromatic heterocycles. The minimum atomic E-state index is -0.654. The Morgan fingerprint density at radius 1 is 0.639 bits per heavy atom. The van der Waals surface area contributed by atoms with Gasteiger partial charge in [-0.15, -0.1) is 0 Å². The van der Waals surface area contributed by atoms with Gasteiger partial charge in [0.1, 0.15) is 0 Å². The Kier molecular flexibility index (Phi) is 14.1. The van der Waals surface area contributed by atoms with Crippen LogP contribution in [0.2, 0.25) is 0 Å². The summed E-state index contributed by atoms with van der Waals surface area (Å²) in [4.78, 5) is 27.8. The third kappa shape index (κ3) is 10.3. The van der Waals surface area contributed by atoms with E-state index in [1.54, 1.807) is 0 Å². The van der Waals surface area contributed by atoms with Crippen molar-refractivity contribution in [2.75, 3.05) is 14.2 Å². The maximum absolute atomic E-state index is 12.8. The van der Waals surface area contributed by atoms with E-state index >= 15 is 0 Å². The predicted molar refractivity (Wildman–Crippen MR) is 145 cm³/mol. The quantitative estimate of drug-likeness (QED) is 0.0766. The highest BCUT2D eigenvalue weighted by Crippen LogP contribution is 2.25. The van der Waals surface area contributed by atoms with Crippen molar-refractivity contribution in [3.63, 3.8) is 0 Å². The Balaban J connectivity index is 2.27. The van der Waals surface area contributed by atoms with E-state index in [-0.39, 0.29) is 5.57 Å². The molecule has 5 nitrogen and oxygen atoms in total. The average molecular weight is 494 g/mol. The normalized spacial score (nSPS) is 10.5. The second-order valence-corrected chi connectivity index (χ2v) is 9.21. The molecular weight excluding hydrogens is 450 g/mol. The van der Waals surface area contributed by atoms with Gasteiger partial charge in [0.25, 0.3) is 0 Å². The van der Waals surface area contributed by atoms with Gasteiger partial charge in [-0.1, -0.05) is 119 Å².